The number of amides is 1. The third-order valence-electron chi connectivity index (χ3n) is 5.15. The molecule has 0 unspecified atom stereocenters. The summed E-state index contributed by atoms with van der Waals surface area (Å²) in [5, 5.41) is 0. The molecule has 0 aliphatic carbocycles. The van der Waals surface area contributed by atoms with Gasteiger partial charge in [0, 0.05) is 25.7 Å². The Hall–Kier alpha value is -2.33. The van der Waals surface area contributed by atoms with E-state index in [1.807, 2.05) is 31.3 Å². The van der Waals surface area contributed by atoms with Gasteiger partial charge in [-0.05, 0) is 66.9 Å². The molecule has 1 fully saturated rings. The monoisotopic (exact) mass is 336 g/mol. The highest BCUT2D eigenvalue weighted by Crippen LogP contribution is 2.28. The van der Waals surface area contributed by atoms with Crippen molar-refractivity contribution in [2.24, 2.45) is 0 Å². The van der Waals surface area contributed by atoms with Gasteiger partial charge in [0.1, 0.15) is 12.4 Å². The molecule has 2 aromatic rings. The van der Waals surface area contributed by atoms with E-state index in [1.54, 1.807) is 4.90 Å². The summed E-state index contributed by atoms with van der Waals surface area (Å²) in [4.78, 5) is 16.2. The lowest BCUT2D eigenvalue weighted by Gasteiger charge is -2.15. The van der Waals surface area contributed by atoms with E-state index in [1.165, 1.54) is 25.9 Å². The van der Waals surface area contributed by atoms with Gasteiger partial charge < -0.3 is 9.64 Å². The van der Waals surface area contributed by atoms with Gasteiger partial charge in [0.25, 0.3) is 5.91 Å². The Morgan fingerprint density at radius 1 is 1.00 bits per heavy atom. The Labute approximate surface area is 149 Å². The van der Waals surface area contributed by atoms with E-state index in [4.69, 9.17) is 4.74 Å². The van der Waals surface area contributed by atoms with Crippen molar-refractivity contribution in [1.29, 1.82) is 0 Å². The Bertz CT molecular complexity index is 764. The van der Waals surface area contributed by atoms with Gasteiger partial charge in [0.2, 0.25) is 0 Å². The van der Waals surface area contributed by atoms with Gasteiger partial charge in [0.05, 0.1) is 0 Å². The van der Waals surface area contributed by atoms with E-state index in [0.29, 0.717) is 6.54 Å². The molecule has 0 N–H and O–H groups in total. The first kappa shape index (κ1) is 16.2. The van der Waals surface area contributed by atoms with Crippen LogP contribution in [0.2, 0.25) is 0 Å². The fraction of sp³-hybridized carbons (Fsp3) is 0.381. The summed E-state index contributed by atoms with van der Waals surface area (Å²) < 4.78 is 5.87. The predicted octanol–water partition coefficient (Wildman–Crippen LogP) is 3.41. The van der Waals surface area contributed by atoms with Gasteiger partial charge in [-0.25, -0.2) is 0 Å². The van der Waals surface area contributed by atoms with Crippen LogP contribution < -0.4 is 4.74 Å². The van der Waals surface area contributed by atoms with Gasteiger partial charge in [-0.3, -0.25) is 9.69 Å². The highest BCUT2D eigenvalue weighted by Gasteiger charge is 2.24. The van der Waals surface area contributed by atoms with Crippen molar-refractivity contribution >= 4 is 5.91 Å². The van der Waals surface area contributed by atoms with Gasteiger partial charge >= 0.3 is 0 Å². The molecule has 4 heteroatoms. The average Bonchev–Trinajstić information content (AvgIpc) is 3.24. The maximum Gasteiger partial charge on any atom is 0.254 e. The molecular weight excluding hydrogens is 312 g/mol. The van der Waals surface area contributed by atoms with E-state index in [-0.39, 0.29) is 5.91 Å². The van der Waals surface area contributed by atoms with Gasteiger partial charge in [-0.2, -0.15) is 0 Å². The second-order valence-electron chi connectivity index (χ2n) is 6.95. The average molecular weight is 336 g/mol. The molecule has 0 radical (unpaired) electrons. The number of ether oxygens (including phenoxy) is 1. The number of carbonyl (C=O) groups excluding carboxylic acids is 1. The zero-order chi connectivity index (χ0) is 17.2. The van der Waals surface area contributed by atoms with E-state index in [2.05, 4.69) is 23.1 Å². The summed E-state index contributed by atoms with van der Waals surface area (Å²) >= 11 is 0. The SMILES string of the molecule is CN1Cc2cc(-c3ccc(OCCN4CCCC4)cc3)ccc2C1=O. The van der Waals surface area contributed by atoms with Crippen molar-refractivity contribution in [3.05, 3.63) is 53.6 Å². The Morgan fingerprint density at radius 3 is 2.48 bits per heavy atom. The van der Waals surface area contributed by atoms with Crippen molar-refractivity contribution in [2.75, 3.05) is 33.3 Å². The van der Waals surface area contributed by atoms with Crippen LogP contribution in [0.5, 0.6) is 5.75 Å². The number of carbonyl (C=O) groups is 1. The molecule has 2 aliphatic heterocycles. The third-order valence-corrected chi connectivity index (χ3v) is 5.15. The van der Waals surface area contributed by atoms with Crippen LogP contribution in [0.25, 0.3) is 11.1 Å². The molecule has 0 aromatic heterocycles. The highest BCUT2D eigenvalue weighted by molar-refractivity contribution is 5.98. The molecule has 130 valence electrons. The molecule has 25 heavy (non-hydrogen) atoms. The Kier molecular flexibility index (Phi) is 4.45. The Morgan fingerprint density at radius 2 is 1.72 bits per heavy atom. The van der Waals surface area contributed by atoms with E-state index in [9.17, 15) is 4.79 Å². The van der Waals surface area contributed by atoms with Crippen LogP contribution in [0.4, 0.5) is 0 Å². The predicted molar refractivity (Wildman–Crippen MR) is 98.8 cm³/mol. The van der Waals surface area contributed by atoms with Crippen LogP contribution >= 0.6 is 0 Å². The molecule has 4 nitrogen and oxygen atoms in total. The van der Waals surface area contributed by atoms with Gasteiger partial charge in [-0.15, -0.1) is 0 Å². The van der Waals surface area contributed by atoms with E-state index < -0.39 is 0 Å². The molecule has 0 atom stereocenters. The molecule has 0 spiro atoms. The molecule has 0 saturated carbocycles. The van der Waals surface area contributed by atoms with Crippen LogP contribution in [0.3, 0.4) is 0 Å². The van der Waals surface area contributed by atoms with Crippen molar-refractivity contribution in [2.45, 2.75) is 19.4 Å². The lowest BCUT2D eigenvalue weighted by atomic mass is 10.0. The van der Waals surface area contributed by atoms with E-state index >= 15 is 0 Å². The standard InChI is InChI=1S/C21H24N2O2/c1-22-15-18-14-17(6-9-20(18)21(22)24)16-4-7-19(8-5-16)25-13-12-23-10-2-3-11-23/h4-9,14H,2-3,10-13,15H2,1H3. The number of rotatable bonds is 5. The summed E-state index contributed by atoms with van der Waals surface area (Å²) in [5.41, 5.74) is 4.23. The fourth-order valence-electron chi connectivity index (χ4n) is 3.69. The molecular formula is C21H24N2O2. The third kappa shape index (κ3) is 3.40. The molecule has 1 amide bonds. The van der Waals surface area contributed by atoms with Gasteiger partial charge in [-0.1, -0.05) is 18.2 Å². The zero-order valence-electron chi connectivity index (χ0n) is 14.7. The number of likely N-dealkylation sites (tertiary alicyclic amines) is 1. The summed E-state index contributed by atoms with van der Waals surface area (Å²) in [6.45, 7) is 4.86. The topological polar surface area (TPSA) is 32.8 Å². The second-order valence-corrected chi connectivity index (χ2v) is 6.95. The first-order valence-corrected chi connectivity index (χ1v) is 9.05. The van der Waals surface area contributed by atoms with Crippen molar-refractivity contribution in [1.82, 2.24) is 9.80 Å². The normalized spacial score (nSPS) is 17.2. The summed E-state index contributed by atoms with van der Waals surface area (Å²) in [6, 6.07) is 14.3. The molecule has 4 rings (SSSR count). The van der Waals surface area contributed by atoms with Crippen LogP contribution in [-0.4, -0.2) is 49.0 Å². The first-order valence-electron chi connectivity index (χ1n) is 9.05. The number of hydrogen-bond donors (Lipinski definition) is 0. The minimum Gasteiger partial charge on any atom is -0.492 e. The minimum atomic E-state index is 0.114. The Balaban J connectivity index is 1.40. The highest BCUT2D eigenvalue weighted by atomic mass is 16.5. The quantitative estimate of drug-likeness (QED) is 0.839. The van der Waals surface area contributed by atoms with Crippen molar-refractivity contribution in [3.8, 4) is 16.9 Å². The molecule has 0 bridgehead atoms. The number of hydrogen-bond acceptors (Lipinski definition) is 3. The smallest absolute Gasteiger partial charge is 0.254 e. The number of nitrogens with zero attached hydrogens (tertiary/aromatic N) is 2. The summed E-state index contributed by atoms with van der Waals surface area (Å²) in [7, 11) is 1.84. The largest absolute Gasteiger partial charge is 0.492 e. The maximum atomic E-state index is 12.0. The maximum absolute atomic E-state index is 12.0. The lowest BCUT2D eigenvalue weighted by Crippen LogP contribution is -2.25. The van der Waals surface area contributed by atoms with E-state index in [0.717, 1.165) is 41.2 Å². The number of benzene rings is 2. The molecule has 2 aromatic carbocycles. The molecule has 2 aliphatic rings. The van der Waals surface area contributed by atoms with Crippen LogP contribution in [-0.2, 0) is 6.54 Å². The number of fused-ring (bicyclic) bond motifs is 1. The van der Waals surface area contributed by atoms with Crippen molar-refractivity contribution in [3.63, 3.8) is 0 Å². The first-order chi connectivity index (χ1) is 12.2. The molecule has 1 saturated heterocycles. The van der Waals surface area contributed by atoms with Gasteiger partial charge in [0.15, 0.2) is 0 Å². The minimum absolute atomic E-state index is 0.114. The summed E-state index contributed by atoms with van der Waals surface area (Å²) in [5.74, 6) is 1.03. The molecule has 2 heterocycles. The van der Waals surface area contributed by atoms with Crippen LogP contribution in [0.15, 0.2) is 42.5 Å². The lowest BCUT2D eigenvalue weighted by molar-refractivity contribution is 0.0816. The summed E-state index contributed by atoms with van der Waals surface area (Å²) in [6.07, 6.45) is 2.63. The fourth-order valence-corrected chi connectivity index (χ4v) is 3.69. The van der Waals surface area contributed by atoms with Crippen LogP contribution in [0.1, 0.15) is 28.8 Å². The van der Waals surface area contributed by atoms with Crippen LogP contribution in [0, 0.1) is 0 Å². The van der Waals surface area contributed by atoms with Crippen molar-refractivity contribution < 1.29 is 9.53 Å². The zero-order valence-corrected chi connectivity index (χ0v) is 14.7. The second kappa shape index (κ2) is 6.89.